The second kappa shape index (κ2) is 19.7. The number of fused-ring (bicyclic) bond motifs is 3. The average molecular weight is 930 g/mol. The zero-order chi connectivity index (χ0) is 46.7. The molecule has 2 saturated heterocycles. The first kappa shape index (κ1) is 47.7. The van der Waals surface area contributed by atoms with Crippen LogP contribution in [-0.4, -0.2) is 139 Å². The number of benzene rings is 3. The third-order valence-corrected chi connectivity index (χ3v) is 14.7. The lowest BCUT2D eigenvalue weighted by Gasteiger charge is -2.42. The maximum absolute atomic E-state index is 14.1. The van der Waals surface area contributed by atoms with Crippen LogP contribution < -0.4 is 15.0 Å². The minimum atomic E-state index is -4.00. The van der Waals surface area contributed by atoms with Crippen LogP contribution in [0.3, 0.4) is 0 Å². The first-order valence-corrected chi connectivity index (χ1v) is 24.1. The monoisotopic (exact) mass is 929 g/mol. The van der Waals surface area contributed by atoms with E-state index in [1.165, 1.54) is 17.0 Å². The maximum atomic E-state index is 14.1. The van der Waals surface area contributed by atoms with E-state index in [1.54, 1.807) is 37.8 Å². The van der Waals surface area contributed by atoms with E-state index < -0.39 is 53.7 Å². The third-order valence-electron chi connectivity index (χ3n) is 11.3. The van der Waals surface area contributed by atoms with Gasteiger partial charge in [0.15, 0.2) is 17.4 Å². The summed E-state index contributed by atoms with van der Waals surface area (Å²) in [5.74, 6) is 1.30. The second-order valence-corrected chi connectivity index (χ2v) is 20.0. The molecule has 1 N–H and O–H groups in total. The molecule has 5 atom stereocenters. The van der Waals surface area contributed by atoms with Crippen LogP contribution in [0.25, 0.3) is 16.0 Å². The van der Waals surface area contributed by atoms with Gasteiger partial charge in [-0.25, -0.2) is 29.6 Å². The third kappa shape index (κ3) is 9.54. The molecule has 1 unspecified atom stereocenters. The molecule has 18 nitrogen and oxygen atoms in total. The molecule has 0 radical (unpaired) electrons. The Labute approximate surface area is 380 Å². The van der Waals surface area contributed by atoms with Crippen LogP contribution in [0.2, 0.25) is 0 Å². The van der Waals surface area contributed by atoms with E-state index in [1.807, 2.05) is 107 Å². The van der Waals surface area contributed by atoms with Gasteiger partial charge in [-0.15, -0.1) is 0 Å². The lowest BCUT2D eigenvalue weighted by Crippen LogP contribution is -2.51. The number of methoxy groups -OCH3 is 2. The smallest absolute Gasteiger partial charge is 0.280 e. The number of aliphatic imine (C=N–C) groups is 1. The largest absolute Gasteiger partial charge is 0.497 e. The number of nitrogens with one attached hydrogen (secondary N) is 1. The first-order valence-electron chi connectivity index (χ1n) is 21.1. The van der Waals surface area contributed by atoms with Crippen molar-refractivity contribution in [2.45, 2.75) is 69.4 Å². The van der Waals surface area contributed by atoms with E-state index in [0.717, 1.165) is 22.9 Å². The standard InChI is InChI=1S/C45H56N9O9PS/c1-30(2)54(31(3)4)64(61-25-24-46-5)63-39-38-42(52-29-47-37-40(52)49-43(50-41(37)55)48-28-51(6)7)62-44(39,26-53(38)65(10,56)57)27-60-45(32-14-12-11-13-15-32,33-16-20-35(58-8)21-17-33)34-18-22-36(59-9)23-19-34/h11-23,28-31,38-39,42H,24-27H2,1-4,6-10H3,(H,49,50,55)/t38-,39+,42-,44-,64?/m1/s1. The number of hydrogen-bond acceptors (Lipinski definition) is 13. The van der Waals surface area contributed by atoms with Crippen molar-refractivity contribution in [3.63, 3.8) is 0 Å². The molecule has 0 spiro atoms. The molecule has 2 aliphatic heterocycles. The van der Waals surface area contributed by atoms with E-state index in [0.29, 0.717) is 11.5 Å². The summed E-state index contributed by atoms with van der Waals surface area (Å²) in [6.45, 7) is 15.4. The number of rotatable bonds is 20. The highest BCUT2D eigenvalue weighted by Crippen LogP contribution is 2.57. The van der Waals surface area contributed by atoms with Crippen LogP contribution in [0.15, 0.2) is 95.0 Å². The number of imidazole rings is 1. The molecule has 0 saturated carbocycles. The van der Waals surface area contributed by atoms with Crippen LogP contribution in [-0.2, 0) is 34.1 Å². The Morgan fingerprint density at radius 3 is 2.14 bits per heavy atom. The predicted molar refractivity (Wildman–Crippen MR) is 248 cm³/mol. The summed E-state index contributed by atoms with van der Waals surface area (Å²) in [4.78, 5) is 34.8. The molecule has 0 aliphatic carbocycles. The number of nitrogens with zero attached hydrogens (tertiary/aromatic N) is 8. The Bertz CT molecular complexity index is 2600. The molecule has 2 bridgehead atoms. The Morgan fingerprint density at radius 2 is 1.60 bits per heavy atom. The second-order valence-electron chi connectivity index (χ2n) is 16.6. The van der Waals surface area contributed by atoms with Gasteiger partial charge in [0, 0.05) is 32.7 Å². The zero-order valence-electron chi connectivity index (χ0n) is 38.0. The van der Waals surface area contributed by atoms with Crippen LogP contribution in [0.5, 0.6) is 11.5 Å². The van der Waals surface area contributed by atoms with Gasteiger partial charge in [-0.1, -0.05) is 54.6 Å². The summed E-state index contributed by atoms with van der Waals surface area (Å²) >= 11 is 0. The molecule has 20 heteroatoms. The summed E-state index contributed by atoms with van der Waals surface area (Å²) in [5.41, 5.74) is -1.01. The van der Waals surface area contributed by atoms with Crippen molar-refractivity contribution in [1.82, 2.24) is 33.4 Å². The number of sulfonamides is 1. The van der Waals surface area contributed by atoms with Gasteiger partial charge >= 0.3 is 0 Å². The molecule has 2 aromatic heterocycles. The van der Waals surface area contributed by atoms with Gasteiger partial charge in [-0.05, 0) is 68.7 Å². The van der Waals surface area contributed by atoms with E-state index in [2.05, 4.69) is 29.5 Å². The highest BCUT2D eigenvalue weighted by molar-refractivity contribution is 7.88. The molecular weight excluding hydrogens is 874 g/mol. The quantitative estimate of drug-likeness (QED) is 0.0242. The molecule has 3 aromatic carbocycles. The molecule has 0 amide bonds. The topological polar surface area (TPSA) is 180 Å². The lowest BCUT2D eigenvalue weighted by atomic mass is 9.79. The molecule has 2 fully saturated rings. The fraction of sp³-hybridized carbons (Fsp3) is 0.444. The van der Waals surface area contributed by atoms with E-state index >= 15 is 0 Å². The van der Waals surface area contributed by atoms with Crippen LogP contribution in [0.1, 0.15) is 50.6 Å². The molecule has 4 heterocycles. The van der Waals surface area contributed by atoms with Crippen LogP contribution in [0, 0.1) is 6.57 Å². The normalized spacial score (nSPS) is 20.6. The number of H-pyrrole nitrogens is 1. The predicted octanol–water partition coefficient (Wildman–Crippen LogP) is 5.95. The maximum Gasteiger partial charge on any atom is 0.280 e. The summed E-state index contributed by atoms with van der Waals surface area (Å²) in [6, 6.07) is 23.7. The van der Waals surface area contributed by atoms with E-state index in [9.17, 15) is 13.2 Å². The van der Waals surface area contributed by atoms with Gasteiger partial charge in [0.2, 0.25) is 22.5 Å². The highest BCUT2D eigenvalue weighted by Gasteiger charge is 2.69. The van der Waals surface area contributed by atoms with E-state index in [4.69, 9.17) is 34.6 Å². The van der Waals surface area contributed by atoms with Crippen molar-refractivity contribution >= 4 is 42.0 Å². The first-order chi connectivity index (χ1) is 31.1. The van der Waals surface area contributed by atoms with Gasteiger partial charge in [0.25, 0.3) is 14.1 Å². The molecule has 7 rings (SSSR count). The number of aromatic amines is 1. The van der Waals surface area contributed by atoms with Crippen LogP contribution in [0.4, 0.5) is 5.95 Å². The van der Waals surface area contributed by atoms with E-state index in [-0.39, 0.29) is 55.5 Å². The fourth-order valence-corrected chi connectivity index (χ4v) is 11.4. The summed E-state index contributed by atoms with van der Waals surface area (Å²) in [7, 11) is 0.812. The van der Waals surface area contributed by atoms with Crippen molar-refractivity contribution in [3.8, 4) is 11.5 Å². The lowest BCUT2D eigenvalue weighted by molar-refractivity contribution is -0.168. The van der Waals surface area contributed by atoms with Crippen molar-refractivity contribution in [3.05, 3.63) is 124 Å². The Hall–Kier alpha value is -5.29. The number of hydrogen-bond donors (Lipinski definition) is 1. The number of aromatic nitrogens is 4. The molecular formula is C45H56N9O9PS. The molecule has 65 heavy (non-hydrogen) atoms. The summed E-state index contributed by atoms with van der Waals surface area (Å²) in [5, 5.41) is 0. The SMILES string of the molecule is [C-]#[N+]CCOP(O[C@H]1[C@@H]2[C@H](n3cnc4c(=O)[nH]c(N=CN(C)C)nc43)O[C@@]1(COC(c1ccccc1)(c1ccc(OC)cc1)c1ccc(OC)cc1)CN2S(C)(=O)=O)N(C(C)C)C(C)C. The Kier molecular flexibility index (Phi) is 14.4. The molecule has 2 aliphatic rings. The number of morpholine rings is 1. The van der Waals surface area contributed by atoms with Crippen molar-refractivity contribution < 1.29 is 36.4 Å². The summed E-state index contributed by atoms with van der Waals surface area (Å²) < 4.78 is 72.9. The Morgan fingerprint density at radius 1 is 1.00 bits per heavy atom. The van der Waals surface area contributed by atoms with Crippen molar-refractivity contribution in [1.29, 1.82) is 0 Å². The minimum absolute atomic E-state index is 0.00600. The van der Waals surface area contributed by atoms with Gasteiger partial charge in [0.05, 0.1) is 45.8 Å². The van der Waals surface area contributed by atoms with Crippen molar-refractivity contribution in [2.75, 3.05) is 60.9 Å². The Balaban J connectivity index is 1.45. The van der Waals surface area contributed by atoms with Gasteiger partial charge in [-0.3, -0.25) is 14.3 Å². The van der Waals surface area contributed by atoms with Gasteiger partial charge in [0.1, 0.15) is 35.4 Å². The van der Waals surface area contributed by atoms with Crippen molar-refractivity contribution in [2.24, 2.45) is 4.99 Å². The molecule has 346 valence electrons. The fourth-order valence-electron chi connectivity index (χ4n) is 8.53. The summed E-state index contributed by atoms with van der Waals surface area (Å²) in [6.07, 6.45) is 1.86. The van der Waals surface area contributed by atoms with Gasteiger partial charge in [-0.2, -0.15) is 9.29 Å². The highest BCUT2D eigenvalue weighted by atomic mass is 32.2. The molecule has 5 aromatic rings. The minimum Gasteiger partial charge on any atom is -0.497 e. The zero-order valence-corrected chi connectivity index (χ0v) is 39.7. The average Bonchev–Trinajstić information content (AvgIpc) is 3.95. The number of ether oxygens (including phenoxy) is 4. The van der Waals surface area contributed by atoms with Gasteiger partial charge < -0.3 is 37.7 Å². The van der Waals surface area contributed by atoms with Crippen LogP contribution >= 0.6 is 8.53 Å².